The number of carbonyl (C=O) groups excluding carboxylic acids is 2. The zero-order valence-corrected chi connectivity index (χ0v) is 7.92. The minimum Gasteiger partial charge on any atom is -0.458 e. The molecule has 4 nitrogen and oxygen atoms in total. The van der Waals surface area contributed by atoms with Crippen LogP contribution in [0.3, 0.4) is 0 Å². The summed E-state index contributed by atoms with van der Waals surface area (Å²) in [6, 6.07) is 9.29. The largest absolute Gasteiger partial charge is 0.458 e. The Hall–Kier alpha value is -2.19. The van der Waals surface area contributed by atoms with Crippen LogP contribution in [-0.2, 0) is 20.9 Å². The van der Waals surface area contributed by atoms with Crippen molar-refractivity contribution in [2.24, 2.45) is 4.99 Å². The van der Waals surface area contributed by atoms with E-state index in [1.165, 1.54) is 6.08 Å². The average molecular weight is 203 g/mol. The molecule has 0 aliphatic rings. The molecule has 15 heavy (non-hydrogen) atoms. The van der Waals surface area contributed by atoms with Gasteiger partial charge in [0.25, 0.3) is 0 Å². The van der Waals surface area contributed by atoms with Gasteiger partial charge in [-0.15, -0.1) is 0 Å². The van der Waals surface area contributed by atoms with Crippen molar-refractivity contribution < 1.29 is 14.3 Å². The van der Waals surface area contributed by atoms with Gasteiger partial charge in [-0.2, -0.15) is 4.99 Å². The normalized spacial score (nSPS) is 9.60. The van der Waals surface area contributed by atoms with E-state index in [1.807, 2.05) is 30.3 Å². The second kappa shape index (κ2) is 6.29. The van der Waals surface area contributed by atoms with Gasteiger partial charge in [-0.05, 0) is 5.56 Å². The third-order valence-corrected chi connectivity index (χ3v) is 1.56. The molecule has 0 fully saturated rings. The van der Waals surface area contributed by atoms with Gasteiger partial charge in [-0.25, -0.2) is 9.59 Å². The number of rotatable bonds is 4. The van der Waals surface area contributed by atoms with Crippen molar-refractivity contribution in [1.82, 2.24) is 0 Å². The minimum atomic E-state index is -0.544. The van der Waals surface area contributed by atoms with Gasteiger partial charge in [0.2, 0.25) is 6.08 Å². The molecule has 1 aromatic rings. The monoisotopic (exact) mass is 203 g/mol. The van der Waals surface area contributed by atoms with E-state index in [-0.39, 0.29) is 6.61 Å². The van der Waals surface area contributed by atoms with Crippen molar-refractivity contribution in [1.29, 1.82) is 0 Å². The topological polar surface area (TPSA) is 55.7 Å². The number of ether oxygens (including phenoxy) is 1. The van der Waals surface area contributed by atoms with Gasteiger partial charge >= 0.3 is 5.97 Å². The van der Waals surface area contributed by atoms with Crippen LogP contribution in [0.5, 0.6) is 0 Å². The van der Waals surface area contributed by atoms with Crippen molar-refractivity contribution in [3.63, 3.8) is 0 Å². The van der Waals surface area contributed by atoms with Gasteiger partial charge in [0.1, 0.15) is 6.61 Å². The van der Waals surface area contributed by atoms with Crippen molar-refractivity contribution in [3.8, 4) is 0 Å². The van der Waals surface area contributed by atoms with Crippen LogP contribution in [0.25, 0.3) is 0 Å². The number of hydrogen-bond donors (Lipinski definition) is 0. The first-order valence-corrected chi connectivity index (χ1v) is 4.27. The van der Waals surface area contributed by atoms with Crippen LogP contribution in [-0.4, -0.2) is 12.0 Å². The van der Waals surface area contributed by atoms with Crippen molar-refractivity contribution in [3.05, 3.63) is 48.2 Å². The number of benzene rings is 1. The zero-order chi connectivity index (χ0) is 10.9. The fraction of sp³-hybridized carbons (Fsp3) is 0.0909. The third-order valence-electron chi connectivity index (χ3n) is 1.56. The van der Waals surface area contributed by atoms with E-state index in [1.54, 1.807) is 0 Å². The van der Waals surface area contributed by atoms with Gasteiger partial charge in [-0.1, -0.05) is 30.3 Å². The zero-order valence-electron chi connectivity index (χ0n) is 7.92. The summed E-state index contributed by atoms with van der Waals surface area (Å²) < 4.78 is 4.86. The number of carbonyl (C=O) groups is 1. The maximum absolute atomic E-state index is 11.0. The molecule has 0 saturated carbocycles. The van der Waals surface area contributed by atoms with E-state index in [2.05, 4.69) is 4.99 Å². The Morgan fingerprint density at radius 1 is 1.40 bits per heavy atom. The van der Waals surface area contributed by atoms with Crippen LogP contribution in [0.2, 0.25) is 0 Å². The number of esters is 1. The lowest BCUT2D eigenvalue weighted by atomic mass is 10.2. The van der Waals surface area contributed by atoms with E-state index in [4.69, 9.17) is 4.74 Å². The lowest BCUT2D eigenvalue weighted by Gasteiger charge is -2.00. The molecule has 0 unspecified atom stereocenters. The molecule has 0 amide bonds. The molecule has 0 radical (unpaired) electrons. The molecule has 76 valence electrons. The Labute approximate surface area is 86.9 Å². The Morgan fingerprint density at radius 3 is 2.80 bits per heavy atom. The third kappa shape index (κ3) is 4.55. The molecule has 4 heteroatoms. The van der Waals surface area contributed by atoms with Crippen molar-refractivity contribution >= 4 is 12.0 Å². The summed E-state index contributed by atoms with van der Waals surface area (Å²) in [5.41, 5.74) is 0.901. The molecule has 0 saturated heterocycles. The fourth-order valence-corrected chi connectivity index (χ4v) is 0.905. The standard InChI is InChI=1S/C11H9NO3/c13-9-12-7-6-11(14)15-8-10-4-2-1-3-5-10/h1-7H,8H2. The molecule has 0 bridgehead atoms. The first-order chi connectivity index (χ1) is 7.33. The summed E-state index contributed by atoms with van der Waals surface area (Å²) in [6.07, 6.45) is 3.38. The van der Waals surface area contributed by atoms with E-state index in [9.17, 15) is 9.59 Å². The number of aliphatic imine (C=N–C) groups is 1. The second-order valence-electron chi connectivity index (χ2n) is 2.63. The van der Waals surface area contributed by atoms with E-state index in [0.29, 0.717) is 0 Å². The molecular formula is C11H9NO3. The van der Waals surface area contributed by atoms with E-state index in [0.717, 1.165) is 17.8 Å². The molecular weight excluding hydrogens is 194 g/mol. The molecule has 0 N–H and O–H groups in total. The quantitative estimate of drug-likeness (QED) is 0.323. The highest BCUT2D eigenvalue weighted by Gasteiger charge is 1.96. The molecule has 0 aliphatic heterocycles. The van der Waals surface area contributed by atoms with Crippen molar-refractivity contribution in [2.45, 2.75) is 6.61 Å². The smallest absolute Gasteiger partial charge is 0.332 e. The first-order valence-electron chi connectivity index (χ1n) is 4.27. The molecule has 0 heterocycles. The average Bonchev–Trinajstić information content (AvgIpc) is 2.28. The maximum Gasteiger partial charge on any atom is 0.332 e. The summed E-state index contributed by atoms with van der Waals surface area (Å²) in [4.78, 5) is 23.7. The molecule has 0 spiro atoms. The summed E-state index contributed by atoms with van der Waals surface area (Å²) in [5.74, 6) is -0.544. The second-order valence-corrected chi connectivity index (χ2v) is 2.63. The van der Waals surface area contributed by atoms with E-state index >= 15 is 0 Å². The molecule has 1 rings (SSSR count). The molecule has 0 aromatic heterocycles. The number of isocyanates is 1. The predicted octanol–water partition coefficient (Wildman–Crippen LogP) is 1.58. The predicted molar refractivity (Wildman–Crippen MR) is 53.5 cm³/mol. The fourth-order valence-electron chi connectivity index (χ4n) is 0.905. The summed E-state index contributed by atoms with van der Waals surface area (Å²) >= 11 is 0. The molecule has 0 atom stereocenters. The lowest BCUT2D eigenvalue weighted by Crippen LogP contribution is -2.00. The Morgan fingerprint density at radius 2 is 2.13 bits per heavy atom. The number of hydrogen-bond acceptors (Lipinski definition) is 4. The first kappa shape index (κ1) is 10.9. The van der Waals surface area contributed by atoms with Crippen molar-refractivity contribution in [2.75, 3.05) is 0 Å². The Balaban J connectivity index is 2.38. The summed E-state index contributed by atoms with van der Waals surface area (Å²) in [7, 11) is 0. The van der Waals surface area contributed by atoms with Gasteiger partial charge in [0.15, 0.2) is 0 Å². The summed E-state index contributed by atoms with van der Waals surface area (Å²) in [5, 5.41) is 0. The lowest BCUT2D eigenvalue weighted by molar-refractivity contribution is -0.139. The van der Waals surface area contributed by atoms with Crippen LogP contribution in [0.15, 0.2) is 47.6 Å². The van der Waals surface area contributed by atoms with Crippen LogP contribution < -0.4 is 0 Å². The Kier molecular flexibility index (Phi) is 4.57. The van der Waals surface area contributed by atoms with Gasteiger partial charge in [0, 0.05) is 12.3 Å². The highest BCUT2D eigenvalue weighted by Crippen LogP contribution is 2.00. The van der Waals surface area contributed by atoms with Gasteiger partial charge < -0.3 is 4.74 Å². The maximum atomic E-state index is 11.0. The SMILES string of the molecule is O=C=NC=CC(=O)OCc1ccccc1. The summed E-state index contributed by atoms with van der Waals surface area (Å²) in [6.45, 7) is 0.203. The van der Waals surface area contributed by atoms with Crippen LogP contribution in [0.1, 0.15) is 5.56 Å². The highest BCUT2D eigenvalue weighted by atomic mass is 16.5. The highest BCUT2D eigenvalue weighted by molar-refractivity contribution is 5.81. The van der Waals surface area contributed by atoms with Gasteiger partial charge in [-0.3, -0.25) is 0 Å². The van der Waals surface area contributed by atoms with Crippen LogP contribution >= 0.6 is 0 Å². The Bertz CT molecular complexity index is 392. The van der Waals surface area contributed by atoms with E-state index < -0.39 is 5.97 Å². The molecule has 0 aliphatic carbocycles. The number of nitrogens with zero attached hydrogens (tertiary/aromatic N) is 1. The van der Waals surface area contributed by atoms with Crippen LogP contribution in [0, 0.1) is 0 Å². The minimum absolute atomic E-state index is 0.203. The van der Waals surface area contributed by atoms with Gasteiger partial charge in [0.05, 0.1) is 0 Å². The molecule has 1 aromatic carbocycles. The van der Waals surface area contributed by atoms with Crippen LogP contribution in [0.4, 0.5) is 0 Å².